The molecule has 224 valence electrons. The van der Waals surface area contributed by atoms with E-state index < -0.39 is 30.7 Å². The van der Waals surface area contributed by atoms with Crippen molar-refractivity contribution in [2.45, 2.75) is 78.2 Å². The summed E-state index contributed by atoms with van der Waals surface area (Å²) in [7, 11) is -1.18. The van der Waals surface area contributed by atoms with E-state index in [2.05, 4.69) is 29.9 Å². The van der Waals surface area contributed by atoms with Gasteiger partial charge in [-0.25, -0.2) is 14.5 Å². The van der Waals surface area contributed by atoms with Crippen LogP contribution in [0.2, 0.25) is 25.7 Å². The Morgan fingerprint density at radius 1 is 1.19 bits per heavy atom. The van der Waals surface area contributed by atoms with Gasteiger partial charge in [-0.05, 0) is 57.0 Å². The van der Waals surface area contributed by atoms with Gasteiger partial charge in [0.05, 0.1) is 16.5 Å². The maximum absolute atomic E-state index is 12.9. The van der Waals surface area contributed by atoms with E-state index in [0.717, 1.165) is 28.1 Å². The fraction of sp³-hybridized carbons (Fsp3) is 0.433. The third kappa shape index (κ3) is 8.04. The summed E-state index contributed by atoms with van der Waals surface area (Å²) >= 11 is 0. The minimum Gasteiger partial charge on any atom is -0.444 e. The van der Waals surface area contributed by atoms with Crippen LogP contribution in [0, 0.1) is 17.0 Å². The number of amides is 1. The lowest BCUT2D eigenvalue weighted by Crippen LogP contribution is -2.36. The van der Waals surface area contributed by atoms with E-state index >= 15 is 0 Å². The number of hydrogen-bond acceptors (Lipinski definition) is 7. The smallest absolute Gasteiger partial charge is 0.408 e. The fourth-order valence-electron chi connectivity index (χ4n) is 4.65. The van der Waals surface area contributed by atoms with E-state index in [4.69, 9.17) is 14.6 Å². The van der Waals surface area contributed by atoms with Gasteiger partial charge in [-0.1, -0.05) is 37.8 Å². The molecule has 12 heteroatoms. The summed E-state index contributed by atoms with van der Waals surface area (Å²) in [6, 6.07) is 11.0. The second-order valence-corrected chi connectivity index (χ2v) is 18.3. The third-order valence-electron chi connectivity index (χ3n) is 6.58. The van der Waals surface area contributed by atoms with Gasteiger partial charge >= 0.3 is 6.09 Å². The van der Waals surface area contributed by atoms with Gasteiger partial charge in [-0.3, -0.25) is 14.7 Å². The number of carbonyl (C=O) groups is 1. The molecule has 11 nitrogen and oxygen atoms in total. The molecule has 1 atom stereocenters. The van der Waals surface area contributed by atoms with Gasteiger partial charge in [0.2, 0.25) is 0 Å². The van der Waals surface area contributed by atoms with Crippen LogP contribution in [0.5, 0.6) is 0 Å². The Morgan fingerprint density at radius 2 is 1.93 bits per heavy atom. The van der Waals surface area contributed by atoms with Gasteiger partial charge in [0.15, 0.2) is 0 Å². The third-order valence-corrected chi connectivity index (χ3v) is 8.28. The zero-order valence-electron chi connectivity index (χ0n) is 25.4. The number of para-hydroxylation sites is 2. The van der Waals surface area contributed by atoms with Gasteiger partial charge in [0.25, 0.3) is 5.69 Å². The topological polar surface area (TPSA) is 126 Å². The second-order valence-electron chi connectivity index (χ2n) is 12.7. The molecular formula is C30H40N6O5Si. The van der Waals surface area contributed by atoms with Crippen LogP contribution in [0.4, 0.5) is 10.5 Å². The first kappa shape index (κ1) is 30.9. The summed E-state index contributed by atoms with van der Waals surface area (Å²) in [6.45, 7) is 15.4. The predicted octanol–water partition coefficient (Wildman–Crippen LogP) is 6.56. The van der Waals surface area contributed by atoms with Crippen molar-refractivity contribution in [1.82, 2.24) is 24.6 Å². The quantitative estimate of drug-likeness (QED) is 0.0904. The summed E-state index contributed by atoms with van der Waals surface area (Å²) in [4.78, 5) is 28.8. The van der Waals surface area contributed by atoms with E-state index in [-0.39, 0.29) is 5.69 Å². The molecule has 0 saturated heterocycles. The van der Waals surface area contributed by atoms with Crippen LogP contribution in [0.25, 0.3) is 16.6 Å². The highest BCUT2D eigenvalue weighted by molar-refractivity contribution is 6.76. The maximum Gasteiger partial charge on any atom is 0.408 e. The molecule has 2 aromatic carbocycles. The SMILES string of the molecule is Cc1cc(CC(NC(=O)OC(C)(C)C)c2nccn2-c2ccccc2[N+](=O)[O-])cc2cn(COCC[Si](C)(C)C)nc12. The van der Waals surface area contributed by atoms with E-state index in [9.17, 15) is 14.9 Å². The lowest BCUT2D eigenvalue weighted by Gasteiger charge is -2.24. The maximum atomic E-state index is 12.9. The molecule has 1 amide bonds. The first-order valence-electron chi connectivity index (χ1n) is 14.0. The second kappa shape index (κ2) is 12.5. The number of aryl methyl sites for hydroxylation is 1. The van der Waals surface area contributed by atoms with Crippen molar-refractivity contribution >= 4 is 30.8 Å². The van der Waals surface area contributed by atoms with E-state index in [0.29, 0.717) is 31.3 Å². The summed E-state index contributed by atoms with van der Waals surface area (Å²) < 4.78 is 14.9. The average molecular weight is 593 g/mol. The number of benzene rings is 2. The fourth-order valence-corrected chi connectivity index (χ4v) is 5.41. The van der Waals surface area contributed by atoms with Crippen molar-refractivity contribution in [2.75, 3.05) is 6.61 Å². The predicted molar refractivity (Wildman–Crippen MR) is 165 cm³/mol. The monoisotopic (exact) mass is 592 g/mol. The minimum atomic E-state index is -1.18. The highest BCUT2D eigenvalue weighted by Gasteiger charge is 2.27. The number of nitro benzene ring substituents is 1. The summed E-state index contributed by atoms with van der Waals surface area (Å²) in [6.07, 6.45) is 4.94. The number of rotatable bonds is 11. The Morgan fingerprint density at radius 3 is 2.62 bits per heavy atom. The zero-order chi connectivity index (χ0) is 30.7. The molecule has 0 aliphatic carbocycles. The van der Waals surface area contributed by atoms with E-state index in [1.807, 2.05) is 29.9 Å². The molecule has 0 spiro atoms. The standard InChI is InChI=1S/C30H40N6O5Si/c1-21-16-22(17-23-19-34(33-27(21)23)20-40-14-15-42(5,6)7)18-24(32-29(37)41-30(2,3)4)28-31-12-13-35(28)25-10-8-9-11-26(25)36(38)39/h8-13,16-17,19,24H,14-15,18,20H2,1-7H3,(H,32,37). The number of fused-ring (bicyclic) bond motifs is 1. The average Bonchev–Trinajstić information content (AvgIpc) is 3.52. The molecule has 1 unspecified atom stereocenters. The van der Waals surface area contributed by atoms with Gasteiger partial charge in [-0.15, -0.1) is 0 Å². The lowest BCUT2D eigenvalue weighted by molar-refractivity contribution is -0.384. The van der Waals surface area contributed by atoms with Crippen LogP contribution in [-0.4, -0.2) is 50.6 Å². The van der Waals surface area contributed by atoms with Crippen molar-refractivity contribution in [1.29, 1.82) is 0 Å². The number of nitrogens with zero attached hydrogens (tertiary/aromatic N) is 5. The molecule has 2 heterocycles. The number of ether oxygens (including phenoxy) is 2. The number of nitrogens with one attached hydrogen (secondary N) is 1. The Bertz CT molecular complexity index is 1570. The van der Waals surface area contributed by atoms with Crippen molar-refractivity contribution in [2.24, 2.45) is 0 Å². The minimum absolute atomic E-state index is 0.0653. The van der Waals surface area contributed by atoms with Crippen molar-refractivity contribution in [3.05, 3.63) is 82.1 Å². The Hall–Kier alpha value is -4.03. The summed E-state index contributed by atoms with van der Waals surface area (Å²) in [5, 5.41) is 20.4. The molecule has 2 aromatic heterocycles. The van der Waals surface area contributed by atoms with Crippen LogP contribution in [0.1, 0.15) is 43.8 Å². The number of nitro groups is 1. The summed E-state index contributed by atoms with van der Waals surface area (Å²) in [5.41, 5.74) is 2.39. The van der Waals surface area contributed by atoms with E-state index in [1.54, 1.807) is 55.9 Å². The molecule has 42 heavy (non-hydrogen) atoms. The van der Waals surface area contributed by atoms with Crippen LogP contribution < -0.4 is 5.32 Å². The van der Waals surface area contributed by atoms with E-state index in [1.165, 1.54) is 6.07 Å². The van der Waals surface area contributed by atoms with Crippen molar-refractivity contribution in [3.63, 3.8) is 0 Å². The molecule has 0 saturated carbocycles. The number of alkyl carbamates (subject to hydrolysis) is 1. The zero-order valence-corrected chi connectivity index (χ0v) is 26.4. The molecule has 1 N–H and O–H groups in total. The van der Waals surface area contributed by atoms with Crippen LogP contribution in [0.3, 0.4) is 0 Å². The molecule has 0 radical (unpaired) electrons. The van der Waals surface area contributed by atoms with Crippen molar-refractivity contribution < 1.29 is 19.2 Å². The number of carbonyl (C=O) groups excluding carboxylic acids is 1. The first-order valence-corrected chi connectivity index (χ1v) is 17.7. The molecule has 4 rings (SSSR count). The van der Waals surface area contributed by atoms with Crippen LogP contribution >= 0.6 is 0 Å². The van der Waals surface area contributed by atoms with Gasteiger partial charge in [0.1, 0.15) is 23.8 Å². The van der Waals surface area contributed by atoms with Gasteiger partial charge in [0, 0.05) is 51.1 Å². The molecule has 0 aliphatic rings. The van der Waals surface area contributed by atoms with Gasteiger partial charge < -0.3 is 14.8 Å². The first-order chi connectivity index (χ1) is 19.7. The normalized spacial score (nSPS) is 12.8. The number of aromatic nitrogens is 4. The van der Waals surface area contributed by atoms with Gasteiger partial charge in [-0.2, -0.15) is 5.10 Å². The molecule has 0 fully saturated rings. The Balaban J connectivity index is 1.65. The molecule has 0 aliphatic heterocycles. The van der Waals surface area contributed by atoms with Crippen LogP contribution in [-0.2, 0) is 22.6 Å². The molecule has 4 aromatic rings. The molecule has 0 bridgehead atoms. The molecular weight excluding hydrogens is 552 g/mol. The number of hydrogen-bond donors (Lipinski definition) is 1. The van der Waals surface area contributed by atoms with Crippen LogP contribution in [0.15, 0.2) is 55.0 Å². The Labute approximate surface area is 247 Å². The number of imidazole rings is 1. The largest absolute Gasteiger partial charge is 0.444 e. The highest BCUT2D eigenvalue weighted by Crippen LogP contribution is 2.29. The van der Waals surface area contributed by atoms with Crippen molar-refractivity contribution in [3.8, 4) is 5.69 Å². The highest BCUT2D eigenvalue weighted by atomic mass is 28.3. The Kier molecular flexibility index (Phi) is 9.17. The summed E-state index contributed by atoms with van der Waals surface area (Å²) in [5.74, 6) is 0.444. The lowest BCUT2D eigenvalue weighted by atomic mass is 10.0.